The molecule has 2 aromatic heterocycles. The van der Waals surface area contributed by atoms with Crippen LogP contribution in [0.2, 0.25) is 0 Å². The molecule has 1 N–H and O–H groups in total. The number of amides is 1. The number of hydrogen-bond donors (Lipinski definition) is 1. The van der Waals surface area contributed by atoms with Crippen molar-refractivity contribution in [2.75, 3.05) is 11.9 Å². The molecule has 0 aliphatic heterocycles. The second kappa shape index (κ2) is 8.56. The Morgan fingerprint density at radius 1 is 1.03 bits per heavy atom. The summed E-state index contributed by atoms with van der Waals surface area (Å²) in [5.74, 6) is 0.497. The third kappa shape index (κ3) is 4.35. The molecule has 0 atom stereocenters. The SMILES string of the molecule is O=C(Nc1cccc(-c2nnc(-c3ccco3)o2)c1)c1ccccc1OCC(F)F. The van der Waals surface area contributed by atoms with Gasteiger partial charge in [-0.1, -0.05) is 18.2 Å². The molecule has 0 fully saturated rings. The standard InChI is InChI=1S/C21H15F2N3O4/c22-18(23)12-29-16-8-2-1-7-15(16)19(27)24-14-6-3-5-13(11-14)20-25-26-21(30-20)17-9-4-10-28-17/h1-11,18H,12H2,(H,24,27). The minimum atomic E-state index is -2.64. The number of rotatable bonds is 7. The molecule has 152 valence electrons. The molecule has 0 radical (unpaired) electrons. The fourth-order valence-corrected chi connectivity index (χ4v) is 2.70. The maximum absolute atomic E-state index is 12.6. The summed E-state index contributed by atoms with van der Waals surface area (Å²) in [5.41, 5.74) is 1.18. The van der Waals surface area contributed by atoms with Crippen molar-refractivity contribution in [1.82, 2.24) is 10.2 Å². The van der Waals surface area contributed by atoms with Crippen LogP contribution in [0.25, 0.3) is 23.1 Å². The molecule has 9 heteroatoms. The molecule has 0 saturated carbocycles. The van der Waals surface area contributed by atoms with Crippen LogP contribution >= 0.6 is 0 Å². The van der Waals surface area contributed by atoms with Gasteiger partial charge < -0.3 is 18.9 Å². The highest BCUT2D eigenvalue weighted by Gasteiger charge is 2.16. The highest BCUT2D eigenvalue weighted by molar-refractivity contribution is 6.06. The van der Waals surface area contributed by atoms with Gasteiger partial charge in [-0.3, -0.25) is 4.79 Å². The van der Waals surface area contributed by atoms with Gasteiger partial charge in [0.25, 0.3) is 18.2 Å². The van der Waals surface area contributed by atoms with Crippen LogP contribution in [-0.2, 0) is 0 Å². The predicted molar refractivity (Wildman–Crippen MR) is 103 cm³/mol. The zero-order valence-electron chi connectivity index (χ0n) is 15.4. The van der Waals surface area contributed by atoms with Crippen LogP contribution in [0.1, 0.15) is 10.4 Å². The van der Waals surface area contributed by atoms with Crippen LogP contribution in [0.3, 0.4) is 0 Å². The summed E-state index contributed by atoms with van der Waals surface area (Å²) in [6, 6.07) is 16.4. The Labute approximate surface area is 169 Å². The highest BCUT2D eigenvalue weighted by atomic mass is 19.3. The largest absolute Gasteiger partial charge is 0.487 e. The number of hydrogen-bond acceptors (Lipinski definition) is 6. The first-order valence-electron chi connectivity index (χ1n) is 8.89. The van der Waals surface area contributed by atoms with E-state index in [1.807, 2.05) is 0 Å². The zero-order valence-corrected chi connectivity index (χ0v) is 15.4. The van der Waals surface area contributed by atoms with Crippen LogP contribution in [0.15, 0.2) is 75.8 Å². The average Bonchev–Trinajstić information content (AvgIpc) is 3.44. The fraction of sp³-hybridized carbons (Fsp3) is 0.0952. The molecule has 4 aromatic rings. The van der Waals surface area contributed by atoms with E-state index in [2.05, 4.69) is 15.5 Å². The lowest BCUT2D eigenvalue weighted by molar-refractivity contribution is 0.0803. The van der Waals surface area contributed by atoms with Gasteiger partial charge in [-0.25, -0.2) is 8.78 Å². The molecular weight excluding hydrogens is 396 g/mol. The van der Waals surface area contributed by atoms with Crippen LogP contribution in [0.4, 0.5) is 14.5 Å². The summed E-state index contributed by atoms with van der Waals surface area (Å²) in [5, 5.41) is 10.7. The molecule has 2 heterocycles. The fourth-order valence-electron chi connectivity index (χ4n) is 2.70. The van der Waals surface area contributed by atoms with Crippen LogP contribution in [0.5, 0.6) is 5.75 Å². The number of carbonyl (C=O) groups is 1. The molecule has 0 saturated heterocycles. The summed E-state index contributed by atoms with van der Waals surface area (Å²) < 4.78 is 40.8. The molecule has 0 aliphatic rings. The summed E-state index contributed by atoms with van der Waals surface area (Å²) in [4.78, 5) is 12.6. The van der Waals surface area contributed by atoms with Crippen molar-refractivity contribution in [1.29, 1.82) is 0 Å². The van der Waals surface area contributed by atoms with Crippen molar-refractivity contribution < 1.29 is 27.1 Å². The third-order valence-corrected chi connectivity index (χ3v) is 4.02. The molecular formula is C21H15F2N3O4. The van der Waals surface area contributed by atoms with E-state index in [0.717, 1.165) is 0 Å². The number of alkyl halides is 2. The molecule has 0 spiro atoms. The van der Waals surface area contributed by atoms with Gasteiger partial charge in [-0.15, -0.1) is 10.2 Å². The third-order valence-electron chi connectivity index (χ3n) is 4.02. The lowest BCUT2D eigenvalue weighted by atomic mass is 10.1. The van der Waals surface area contributed by atoms with Crippen molar-refractivity contribution in [3.8, 4) is 28.9 Å². The van der Waals surface area contributed by atoms with Crippen molar-refractivity contribution in [2.24, 2.45) is 0 Å². The molecule has 4 rings (SSSR count). The minimum Gasteiger partial charge on any atom is -0.487 e. The maximum Gasteiger partial charge on any atom is 0.283 e. The summed E-state index contributed by atoms with van der Waals surface area (Å²) in [6.45, 7) is -0.797. The molecule has 0 unspecified atom stereocenters. The van der Waals surface area contributed by atoms with E-state index < -0.39 is 18.9 Å². The Bertz CT molecular complexity index is 1140. The minimum absolute atomic E-state index is 0.0754. The number of aromatic nitrogens is 2. The van der Waals surface area contributed by atoms with E-state index in [-0.39, 0.29) is 23.1 Å². The first-order chi connectivity index (χ1) is 14.6. The van der Waals surface area contributed by atoms with Gasteiger partial charge >= 0.3 is 0 Å². The topological polar surface area (TPSA) is 90.4 Å². The average molecular weight is 411 g/mol. The number of carbonyl (C=O) groups excluding carboxylic acids is 1. The Balaban J connectivity index is 1.52. The zero-order chi connectivity index (χ0) is 20.9. The second-order valence-electron chi connectivity index (χ2n) is 6.12. The van der Waals surface area contributed by atoms with Gasteiger partial charge in [0, 0.05) is 11.3 Å². The number of nitrogens with one attached hydrogen (secondary N) is 1. The van der Waals surface area contributed by atoms with Gasteiger partial charge in [0.1, 0.15) is 12.4 Å². The van der Waals surface area contributed by atoms with Crippen molar-refractivity contribution in [3.05, 3.63) is 72.5 Å². The van der Waals surface area contributed by atoms with Gasteiger partial charge in [0.2, 0.25) is 5.89 Å². The Kier molecular flexibility index (Phi) is 5.51. The smallest absolute Gasteiger partial charge is 0.283 e. The Morgan fingerprint density at radius 3 is 2.67 bits per heavy atom. The quantitative estimate of drug-likeness (QED) is 0.466. The monoisotopic (exact) mass is 411 g/mol. The number of nitrogens with zero attached hydrogens (tertiary/aromatic N) is 2. The lowest BCUT2D eigenvalue weighted by Crippen LogP contribution is -2.15. The Morgan fingerprint density at radius 2 is 1.87 bits per heavy atom. The van der Waals surface area contributed by atoms with E-state index >= 15 is 0 Å². The van der Waals surface area contributed by atoms with Gasteiger partial charge in [-0.05, 0) is 42.5 Å². The summed E-state index contributed by atoms with van der Waals surface area (Å²) in [7, 11) is 0. The van der Waals surface area contributed by atoms with Gasteiger partial charge in [0.15, 0.2) is 5.76 Å². The van der Waals surface area contributed by atoms with E-state index in [1.165, 1.54) is 18.4 Å². The number of anilines is 1. The number of ether oxygens (including phenoxy) is 1. The Hall–Kier alpha value is -4.01. The first kappa shape index (κ1) is 19.3. The molecule has 7 nitrogen and oxygen atoms in total. The first-order valence-corrected chi connectivity index (χ1v) is 8.89. The van der Waals surface area contributed by atoms with Gasteiger partial charge in [-0.2, -0.15) is 0 Å². The maximum atomic E-state index is 12.6. The summed E-state index contributed by atoms with van der Waals surface area (Å²) in [6.07, 6.45) is -1.14. The molecule has 2 aromatic carbocycles. The second-order valence-corrected chi connectivity index (χ2v) is 6.12. The van der Waals surface area contributed by atoms with E-state index in [1.54, 1.807) is 48.5 Å². The van der Waals surface area contributed by atoms with Crippen molar-refractivity contribution in [2.45, 2.75) is 6.43 Å². The van der Waals surface area contributed by atoms with Crippen LogP contribution in [-0.4, -0.2) is 29.1 Å². The normalized spacial score (nSPS) is 10.9. The van der Waals surface area contributed by atoms with Crippen LogP contribution in [0, 0.1) is 0 Å². The summed E-state index contributed by atoms with van der Waals surface area (Å²) >= 11 is 0. The number of benzene rings is 2. The molecule has 0 bridgehead atoms. The highest BCUT2D eigenvalue weighted by Crippen LogP contribution is 2.26. The molecule has 0 aliphatic carbocycles. The van der Waals surface area contributed by atoms with Crippen molar-refractivity contribution in [3.63, 3.8) is 0 Å². The lowest BCUT2D eigenvalue weighted by Gasteiger charge is -2.11. The van der Waals surface area contributed by atoms with E-state index in [0.29, 0.717) is 17.0 Å². The molecule has 1 amide bonds. The molecule has 30 heavy (non-hydrogen) atoms. The number of halogens is 2. The predicted octanol–water partition coefficient (Wildman–Crippen LogP) is 4.89. The van der Waals surface area contributed by atoms with Crippen LogP contribution < -0.4 is 10.1 Å². The van der Waals surface area contributed by atoms with E-state index in [9.17, 15) is 13.6 Å². The van der Waals surface area contributed by atoms with E-state index in [4.69, 9.17) is 13.6 Å². The number of para-hydroxylation sites is 1. The van der Waals surface area contributed by atoms with Crippen molar-refractivity contribution >= 4 is 11.6 Å². The number of furan rings is 1. The van der Waals surface area contributed by atoms with Gasteiger partial charge in [0.05, 0.1) is 11.8 Å².